The highest BCUT2D eigenvalue weighted by molar-refractivity contribution is 5.10. The van der Waals surface area contributed by atoms with E-state index in [4.69, 9.17) is 0 Å². The van der Waals surface area contributed by atoms with Gasteiger partial charge in [-0.2, -0.15) is 0 Å². The predicted octanol–water partition coefficient (Wildman–Crippen LogP) is 5.17. The first-order valence-corrected chi connectivity index (χ1v) is 9.94. The van der Waals surface area contributed by atoms with Crippen LogP contribution in [0.15, 0.2) is 12.7 Å². The van der Waals surface area contributed by atoms with Crippen LogP contribution in [-0.2, 0) is 0 Å². The van der Waals surface area contributed by atoms with Crippen LogP contribution in [0.25, 0.3) is 0 Å². The van der Waals surface area contributed by atoms with Crippen molar-refractivity contribution in [1.29, 1.82) is 0 Å². The Kier molecular flexibility index (Phi) is 3.72. The van der Waals surface area contributed by atoms with Gasteiger partial charge in [0, 0.05) is 6.04 Å². The van der Waals surface area contributed by atoms with Gasteiger partial charge in [0.2, 0.25) is 0 Å². The van der Waals surface area contributed by atoms with Crippen LogP contribution < -0.4 is 5.32 Å². The molecule has 1 saturated heterocycles. The Labute approximate surface area is 137 Å². The largest absolute Gasteiger partial charge is 0.313 e. The lowest BCUT2D eigenvalue weighted by molar-refractivity contribution is -0.0935. The van der Waals surface area contributed by atoms with Crippen LogP contribution >= 0.6 is 0 Å². The minimum atomic E-state index is 0.596. The highest BCUT2D eigenvalue weighted by Crippen LogP contribution is 2.65. The Morgan fingerprint density at radius 2 is 1.82 bits per heavy atom. The van der Waals surface area contributed by atoms with Crippen LogP contribution in [0.2, 0.25) is 0 Å². The molecule has 0 aromatic carbocycles. The molecule has 0 aromatic heterocycles. The number of hydrogen-bond donors (Lipinski definition) is 1. The molecule has 0 aromatic rings. The summed E-state index contributed by atoms with van der Waals surface area (Å²) >= 11 is 0. The number of fused-ring (bicyclic) bond motifs is 5. The second kappa shape index (κ2) is 5.36. The molecule has 4 aliphatic rings. The first-order valence-electron chi connectivity index (χ1n) is 9.94. The molecular formula is C21H35N. The van der Waals surface area contributed by atoms with Crippen molar-refractivity contribution >= 4 is 0 Å². The number of piperidine rings is 1. The zero-order valence-electron chi connectivity index (χ0n) is 14.7. The average Bonchev–Trinajstić information content (AvgIpc) is 2.84. The van der Waals surface area contributed by atoms with E-state index in [0.29, 0.717) is 10.8 Å². The molecule has 3 aliphatic carbocycles. The van der Waals surface area contributed by atoms with E-state index < -0.39 is 0 Å². The second-order valence-electron chi connectivity index (χ2n) is 9.41. The van der Waals surface area contributed by atoms with Crippen molar-refractivity contribution < 1.29 is 0 Å². The molecular weight excluding hydrogens is 266 g/mol. The maximum Gasteiger partial charge on any atom is 0.0124 e. The molecule has 1 nitrogen and oxygen atoms in total. The van der Waals surface area contributed by atoms with Crippen molar-refractivity contribution in [3.05, 3.63) is 12.7 Å². The quantitative estimate of drug-likeness (QED) is 0.694. The van der Waals surface area contributed by atoms with Crippen molar-refractivity contribution in [3.63, 3.8) is 0 Å². The van der Waals surface area contributed by atoms with Gasteiger partial charge in [0.1, 0.15) is 0 Å². The summed E-state index contributed by atoms with van der Waals surface area (Å²) in [4.78, 5) is 0. The fourth-order valence-corrected chi connectivity index (χ4v) is 7.59. The summed E-state index contributed by atoms with van der Waals surface area (Å²) in [6.07, 6.45) is 15.2. The van der Waals surface area contributed by atoms with Gasteiger partial charge in [0.15, 0.2) is 0 Å². The average molecular weight is 302 g/mol. The zero-order valence-corrected chi connectivity index (χ0v) is 14.7. The molecule has 124 valence electrons. The first kappa shape index (κ1) is 15.2. The van der Waals surface area contributed by atoms with Gasteiger partial charge in [-0.05, 0) is 98.8 Å². The minimum absolute atomic E-state index is 0.596. The van der Waals surface area contributed by atoms with E-state index in [2.05, 4.69) is 31.8 Å². The molecule has 0 bridgehead atoms. The molecule has 22 heavy (non-hydrogen) atoms. The highest BCUT2D eigenvalue weighted by atomic mass is 15.0. The van der Waals surface area contributed by atoms with Gasteiger partial charge in [0.05, 0.1) is 0 Å². The lowest BCUT2D eigenvalue weighted by atomic mass is 9.47. The summed E-state index contributed by atoms with van der Waals surface area (Å²) < 4.78 is 0. The fraction of sp³-hybridized carbons (Fsp3) is 0.905. The van der Waals surface area contributed by atoms with E-state index in [1.54, 1.807) is 0 Å². The minimum Gasteiger partial charge on any atom is -0.313 e. The molecule has 4 rings (SSSR count). The van der Waals surface area contributed by atoms with Crippen molar-refractivity contribution in [2.75, 3.05) is 6.54 Å². The van der Waals surface area contributed by atoms with E-state index in [1.807, 2.05) is 0 Å². The molecule has 4 fully saturated rings. The predicted molar refractivity (Wildman–Crippen MR) is 93.7 cm³/mol. The fourth-order valence-electron chi connectivity index (χ4n) is 7.59. The van der Waals surface area contributed by atoms with Crippen LogP contribution in [0.5, 0.6) is 0 Å². The lowest BCUT2D eigenvalue weighted by Gasteiger charge is -2.60. The van der Waals surface area contributed by atoms with Crippen LogP contribution in [0.4, 0.5) is 0 Å². The van der Waals surface area contributed by atoms with Crippen molar-refractivity contribution in [2.45, 2.75) is 77.7 Å². The Balaban J connectivity index is 1.60. The van der Waals surface area contributed by atoms with E-state index >= 15 is 0 Å². The maximum absolute atomic E-state index is 4.03. The number of nitrogens with one attached hydrogen (secondary N) is 1. The molecule has 0 radical (unpaired) electrons. The number of rotatable bonds is 2. The monoisotopic (exact) mass is 301 g/mol. The van der Waals surface area contributed by atoms with Gasteiger partial charge >= 0.3 is 0 Å². The van der Waals surface area contributed by atoms with Gasteiger partial charge in [-0.15, -0.1) is 6.58 Å². The van der Waals surface area contributed by atoms with E-state index in [1.165, 1.54) is 64.3 Å². The normalized spacial score (nSPS) is 54.2. The Bertz CT molecular complexity index is 443. The third-order valence-electron chi connectivity index (χ3n) is 8.80. The summed E-state index contributed by atoms with van der Waals surface area (Å²) in [6.45, 7) is 10.6. The third kappa shape index (κ3) is 2.00. The van der Waals surface area contributed by atoms with Crippen LogP contribution in [0, 0.1) is 34.5 Å². The summed E-state index contributed by atoms with van der Waals surface area (Å²) in [6, 6.07) is 0.817. The van der Waals surface area contributed by atoms with Gasteiger partial charge in [0.25, 0.3) is 0 Å². The van der Waals surface area contributed by atoms with Crippen LogP contribution in [0.1, 0.15) is 71.6 Å². The molecule has 1 heterocycles. The van der Waals surface area contributed by atoms with Crippen molar-refractivity contribution in [2.24, 2.45) is 34.5 Å². The Morgan fingerprint density at radius 1 is 1.00 bits per heavy atom. The lowest BCUT2D eigenvalue weighted by Crippen LogP contribution is -2.59. The Hall–Kier alpha value is -0.300. The highest BCUT2D eigenvalue weighted by Gasteiger charge is 2.59. The van der Waals surface area contributed by atoms with Crippen molar-refractivity contribution in [1.82, 2.24) is 5.32 Å². The van der Waals surface area contributed by atoms with Gasteiger partial charge in [-0.1, -0.05) is 19.9 Å². The summed E-state index contributed by atoms with van der Waals surface area (Å²) in [5, 5.41) is 3.88. The summed E-state index contributed by atoms with van der Waals surface area (Å²) in [5.41, 5.74) is 1.22. The molecule has 1 N–H and O–H groups in total. The van der Waals surface area contributed by atoms with Crippen molar-refractivity contribution in [3.8, 4) is 0 Å². The zero-order chi connectivity index (χ0) is 15.4. The first-order chi connectivity index (χ1) is 10.6. The topological polar surface area (TPSA) is 12.0 Å². The second-order valence-corrected chi connectivity index (χ2v) is 9.41. The van der Waals surface area contributed by atoms with Gasteiger partial charge in [-0.3, -0.25) is 0 Å². The van der Waals surface area contributed by atoms with E-state index in [-0.39, 0.29) is 0 Å². The smallest absolute Gasteiger partial charge is 0.0124 e. The number of hydrogen-bond acceptors (Lipinski definition) is 1. The van der Waals surface area contributed by atoms with Crippen LogP contribution in [-0.4, -0.2) is 12.6 Å². The van der Waals surface area contributed by atoms with Gasteiger partial charge in [-0.25, -0.2) is 0 Å². The summed E-state index contributed by atoms with van der Waals surface area (Å²) in [5.74, 6) is 3.95. The molecule has 3 saturated carbocycles. The van der Waals surface area contributed by atoms with Crippen LogP contribution in [0.3, 0.4) is 0 Å². The standard InChI is InChI=1S/C21H35N/c1-4-6-15-7-9-17-16-8-10-19-21(3,12-5-14-22-19)18(16)11-13-20(15,17)2/h4,15-19,22H,1,5-14H2,2-3H3/t15?,16-,17-,18+,19?,20+,21+/m0/s1. The molecule has 0 spiro atoms. The Morgan fingerprint density at radius 3 is 2.64 bits per heavy atom. The van der Waals surface area contributed by atoms with E-state index in [0.717, 1.165) is 29.7 Å². The molecule has 2 unspecified atom stereocenters. The SMILES string of the molecule is C=CCC1CC[C@H]2[C@@H]3CCC4NCCC[C@]4(C)[C@@H]3CC[C@]12C. The third-order valence-corrected chi connectivity index (χ3v) is 8.80. The van der Waals surface area contributed by atoms with Gasteiger partial charge < -0.3 is 5.32 Å². The molecule has 0 amide bonds. The molecule has 7 atom stereocenters. The summed E-state index contributed by atoms with van der Waals surface area (Å²) in [7, 11) is 0. The maximum atomic E-state index is 4.03. The molecule has 1 heteroatoms. The number of allylic oxidation sites excluding steroid dienone is 1. The molecule has 1 aliphatic heterocycles. The van der Waals surface area contributed by atoms with E-state index in [9.17, 15) is 0 Å².